The van der Waals surface area contributed by atoms with E-state index >= 15 is 0 Å². The maximum atomic E-state index is 11.7. The first-order valence-electron chi connectivity index (χ1n) is 9.07. The van der Waals surface area contributed by atoms with Crippen molar-refractivity contribution in [3.05, 3.63) is 84.3 Å². The Morgan fingerprint density at radius 1 is 1.07 bits per heavy atom. The van der Waals surface area contributed by atoms with E-state index in [4.69, 9.17) is 9.15 Å². The van der Waals surface area contributed by atoms with E-state index in [9.17, 15) is 9.90 Å². The maximum Gasteiger partial charge on any atom is 0.320 e. The Morgan fingerprint density at radius 3 is 2.63 bits per heavy atom. The predicted molar refractivity (Wildman–Crippen MR) is 101 cm³/mol. The molecule has 0 saturated carbocycles. The number of hydrogen-bond acceptors (Lipinski definition) is 4. The molecule has 2 unspecified atom stereocenters. The van der Waals surface area contributed by atoms with Gasteiger partial charge < -0.3 is 14.3 Å². The van der Waals surface area contributed by atoms with Crippen molar-refractivity contribution < 1.29 is 19.1 Å². The van der Waals surface area contributed by atoms with E-state index in [2.05, 4.69) is 0 Å². The molecule has 27 heavy (non-hydrogen) atoms. The Kier molecular flexibility index (Phi) is 4.94. The number of aliphatic carboxylic acids is 1. The van der Waals surface area contributed by atoms with Crippen LogP contribution in [0.15, 0.2) is 77.4 Å². The SMILES string of the molecule is O=C(O)C1CCCN1C(c1cccc(Oc2ccccc2)c1)c1ccco1. The number of rotatable bonds is 6. The molecule has 4 rings (SSSR count). The number of carboxylic acids is 1. The molecule has 0 spiro atoms. The van der Waals surface area contributed by atoms with Gasteiger partial charge >= 0.3 is 5.97 Å². The molecule has 1 aliphatic heterocycles. The van der Waals surface area contributed by atoms with Crippen molar-refractivity contribution in [1.82, 2.24) is 4.90 Å². The van der Waals surface area contributed by atoms with E-state index < -0.39 is 12.0 Å². The number of ether oxygens (including phenoxy) is 1. The Bertz CT molecular complexity index is 892. The fraction of sp³-hybridized carbons (Fsp3) is 0.227. The van der Waals surface area contributed by atoms with Crippen LogP contribution in [0.25, 0.3) is 0 Å². The lowest BCUT2D eigenvalue weighted by atomic mass is 10.0. The van der Waals surface area contributed by atoms with Gasteiger partial charge in [0.1, 0.15) is 23.3 Å². The van der Waals surface area contributed by atoms with E-state index in [1.165, 1.54) is 0 Å². The van der Waals surface area contributed by atoms with E-state index in [0.717, 1.165) is 23.5 Å². The molecule has 2 heterocycles. The van der Waals surface area contributed by atoms with E-state index in [1.54, 1.807) is 6.26 Å². The number of likely N-dealkylation sites (tertiary alicyclic amines) is 1. The fourth-order valence-electron chi connectivity index (χ4n) is 3.70. The van der Waals surface area contributed by atoms with Crippen molar-refractivity contribution >= 4 is 5.97 Å². The maximum absolute atomic E-state index is 11.7. The van der Waals surface area contributed by atoms with Crippen LogP contribution < -0.4 is 4.74 Å². The summed E-state index contributed by atoms with van der Waals surface area (Å²) in [6.45, 7) is 0.714. The van der Waals surface area contributed by atoms with Crippen molar-refractivity contribution in [3.63, 3.8) is 0 Å². The predicted octanol–water partition coefficient (Wildman–Crippen LogP) is 4.71. The number of furan rings is 1. The third-order valence-corrected chi connectivity index (χ3v) is 4.88. The second-order valence-corrected chi connectivity index (χ2v) is 6.64. The zero-order valence-corrected chi connectivity index (χ0v) is 14.8. The van der Waals surface area contributed by atoms with E-state index in [-0.39, 0.29) is 6.04 Å². The zero-order valence-electron chi connectivity index (χ0n) is 14.8. The second-order valence-electron chi connectivity index (χ2n) is 6.64. The van der Waals surface area contributed by atoms with Crippen molar-refractivity contribution in [2.24, 2.45) is 0 Å². The van der Waals surface area contributed by atoms with Crippen molar-refractivity contribution in [1.29, 1.82) is 0 Å². The monoisotopic (exact) mass is 363 g/mol. The average Bonchev–Trinajstić information content (AvgIpc) is 3.36. The Morgan fingerprint density at radius 2 is 1.89 bits per heavy atom. The first-order chi connectivity index (χ1) is 13.2. The Balaban J connectivity index is 1.68. The van der Waals surface area contributed by atoms with Crippen LogP contribution in [-0.2, 0) is 4.79 Å². The minimum atomic E-state index is -0.791. The molecule has 1 aliphatic rings. The molecule has 5 heteroatoms. The summed E-state index contributed by atoms with van der Waals surface area (Å²) >= 11 is 0. The summed E-state index contributed by atoms with van der Waals surface area (Å²) in [5.41, 5.74) is 0.950. The zero-order chi connectivity index (χ0) is 18.6. The van der Waals surface area contributed by atoms with Crippen LogP contribution in [0.2, 0.25) is 0 Å². The normalized spacial score (nSPS) is 18.3. The van der Waals surface area contributed by atoms with E-state index in [1.807, 2.05) is 71.6 Å². The van der Waals surface area contributed by atoms with Gasteiger partial charge in [-0.1, -0.05) is 30.3 Å². The van der Waals surface area contributed by atoms with Crippen LogP contribution in [0.1, 0.15) is 30.2 Å². The number of nitrogens with zero attached hydrogens (tertiary/aromatic N) is 1. The summed E-state index contributed by atoms with van der Waals surface area (Å²) in [4.78, 5) is 13.7. The van der Waals surface area contributed by atoms with Crippen molar-refractivity contribution in [2.75, 3.05) is 6.54 Å². The third kappa shape index (κ3) is 3.73. The van der Waals surface area contributed by atoms with Gasteiger partial charge in [0, 0.05) is 6.54 Å². The highest BCUT2D eigenvalue weighted by Crippen LogP contribution is 2.36. The average molecular weight is 363 g/mol. The van der Waals surface area contributed by atoms with Crippen LogP contribution in [0.5, 0.6) is 11.5 Å². The highest BCUT2D eigenvalue weighted by atomic mass is 16.5. The second kappa shape index (κ2) is 7.68. The minimum absolute atomic E-state index is 0.261. The lowest BCUT2D eigenvalue weighted by Crippen LogP contribution is -2.39. The van der Waals surface area contributed by atoms with Gasteiger partial charge in [-0.25, -0.2) is 0 Å². The molecule has 0 amide bonds. The standard InChI is InChI=1S/C22H21NO4/c24-22(25)19-11-5-13-23(19)21(20-12-6-14-26-20)16-7-4-10-18(15-16)27-17-8-2-1-3-9-17/h1-4,6-10,12,14-15,19,21H,5,11,13H2,(H,24,25). The molecule has 0 radical (unpaired) electrons. The number of carbonyl (C=O) groups is 1. The van der Waals surface area contributed by atoms with Crippen molar-refractivity contribution in [3.8, 4) is 11.5 Å². The summed E-state index contributed by atoms with van der Waals surface area (Å²) in [7, 11) is 0. The third-order valence-electron chi connectivity index (χ3n) is 4.88. The first-order valence-corrected chi connectivity index (χ1v) is 9.07. The van der Waals surface area contributed by atoms with Gasteiger partial charge in [-0.2, -0.15) is 0 Å². The van der Waals surface area contributed by atoms with Crippen LogP contribution in [0, 0.1) is 0 Å². The number of carboxylic acid groups (broad SMARTS) is 1. The van der Waals surface area contributed by atoms with Gasteiger partial charge in [-0.3, -0.25) is 9.69 Å². The highest BCUT2D eigenvalue weighted by Gasteiger charge is 2.38. The molecule has 1 aromatic heterocycles. The summed E-state index contributed by atoms with van der Waals surface area (Å²) in [5, 5.41) is 9.63. The van der Waals surface area contributed by atoms with Crippen molar-refractivity contribution in [2.45, 2.75) is 24.9 Å². The lowest BCUT2D eigenvalue weighted by molar-refractivity contribution is -0.142. The molecule has 2 atom stereocenters. The molecule has 3 aromatic rings. The first kappa shape index (κ1) is 17.4. The van der Waals surface area contributed by atoms with Gasteiger partial charge in [-0.05, 0) is 54.8 Å². The Labute approximate surface area is 157 Å². The molecule has 0 aliphatic carbocycles. The molecule has 0 bridgehead atoms. The molecule has 2 aromatic carbocycles. The summed E-state index contributed by atoms with van der Waals surface area (Å²) in [5.74, 6) is 1.41. The quantitative estimate of drug-likeness (QED) is 0.687. The largest absolute Gasteiger partial charge is 0.480 e. The lowest BCUT2D eigenvalue weighted by Gasteiger charge is -2.30. The van der Waals surface area contributed by atoms with Gasteiger partial charge in [0.05, 0.1) is 12.3 Å². The van der Waals surface area contributed by atoms with Crippen LogP contribution in [0.4, 0.5) is 0 Å². The molecule has 1 saturated heterocycles. The number of para-hydroxylation sites is 1. The van der Waals surface area contributed by atoms with Gasteiger partial charge in [0.2, 0.25) is 0 Å². The smallest absolute Gasteiger partial charge is 0.320 e. The molecular formula is C22H21NO4. The molecule has 138 valence electrons. The molecule has 1 N–H and O–H groups in total. The molecular weight excluding hydrogens is 342 g/mol. The van der Waals surface area contributed by atoms with Gasteiger partial charge in [0.25, 0.3) is 0 Å². The molecule has 1 fully saturated rings. The molecule has 5 nitrogen and oxygen atoms in total. The summed E-state index contributed by atoms with van der Waals surface area (Å²) in [6, 6.07) is 20.3. The van der Waals surface area contributed by atoms with Crippen LogP contribution in [-0.4, -0.2) is 28.6 Å². The van der Waals surface area contributed by atoms with Gasteiger partial charge in [0.15, 0.2) is 0 Å². The summed E-state index contributed by atoms with van der Waals surface area (Å²) in [6.07, 6.45) is 3.12. The van der Waals surface area contributed by atoms with Crippen LogP contribution in [0.3, 0.4) is 0 Å². The van der Waals surface area contributed by atoms with Gasteiger partial charge in [-0.15, -0.1) is 0 Å². The summed E-state index contributed by atoms with van der Waals surface area (Å²) < 4.78 is 11.6. The van der Waals surface area contributed by atoms with E-state index in [0.29, 0.717) is 18.7 Å². The topological polar surface area (TPSA) is 62.9 Å². The highest BCUT2D eigenvalue weighted by molar-refractivity contribution is 5.74. The number of benzene rings is 2. The number of hydrogen-bond donors (Lipinski definition) is 1. The fourth-order valence-corrected chi connectivity index (χ4v) is 3.70. The minimum Gasteiger partial charge on any atom is -0.480 e. The Hall–Kier alpha value is -3.05. The van der Waals surface area contributed by atoms with Crippen LogP contribution >= 0.6 is 0 Å².